The highest BCUT2D eigenvalue weighted by Gasteiger charge is 2.53. The van der Waals surface area contributed by atoms with E-state index in [-0.39, 0.29) is 42.2 Å². The first-order chi connectivity index (χ1) is 12.1. The summed E-state index contributed by atoms with van der Waals surface area (Å²) in [6.45, 7) is 5.88. The van der Waals surface area contributed by atoms with E-state index in [4.69, 9.17) is 21.1 Å². The monoisotopic (exact) mass is 395 g/mol. The van der Waals surface area contributed by atoms with Crippen molar-refractivity contribution < 1.29 is 32.2 Å². The lowest BCUT2D eigenvalue weighted by molar-refractivity contribution is -0.165. The molecule has 9 heteroatoms. The molecule has 0 unspecified atom stereocenters. The van der Waals surface area contributed by atoms with Crippen LogP contribution in [0.15, 0.2) is 6.20 Å². The molecule has 0 fully saturated rings. The maximum atomic E-state index is 13.4. The molecule has 0 aliphatic carbocycles. The lowest BCUT2D eigenvalue weighted by Crippen LogP contribution is -2.47. The predicted octanol–water partition coefficient (Wildman–Crippen LogP) is 4.09. The average molecular weight is 396 g/mol. The molecule has 5 nitrogen and oxygen atoms in total. The first-order valence-electron chi connectivity index (χ1n) is 8.21. The normalized spacial score (nSPS) is 12.0. The van der Waals surface area contributed by atoms with Gasteiger partial charge >= 0.3 is 18.1 Å². The molecule has 0 atom stereocenters. The highest BCUT2D eigenvalue weighted by atomic mass is 35.5. The Morgan fingerprint density at radius 1 is 1.08 bits per heavy atom. The molecule has 0 amide bonds. The molecule has 1 aromatic heterocycles. The average Bonchev–Trinajstić information content (AvgIpc) is 2.56. The number of esters is 2. The summed E-state index contributed by atoms with van der Waals surface area (Å²) in [5.41, 5.74) is -3.88. The zero-order valence-corrected chi connectivity index (χ0v) is 15.8. The number of alkyl halides is 3. The summed E-state index contributed by atoms with van der Waals surface area (Å²) in [4.78, 5) is 28.8. The van der Waals surface area contributed by atoms with E-state index < -0.39 is 29.2 Å². The molecule has 26 heavy (non-hydrogen) atoms. The fourth-order valence-corrected chi connectivity index (χ4v) is 3.16. The summed E-state index contributed by atoms with van der Waals surface area (Å²) >= 11 is 6.14. The van der Waals surface area contributed by atoms with Crippen LogP contribution >= 0.6 is 11.6 Å². The minimum Gasteiger partial charge on any atom is -0.465 e. The van der Waals surface area contributed by atoms with Crippen LogP contribution < -0.4 is 0 Å². The molecule has 0 saturated heterocycles. The molecule has 1 heterocycles. The van der Waals surface area contributed by atoms with E-state index in [0.717, 1.165) is 6.20 Å². The van der Waals surface area contributed by atoms with Crippen LogP contribution in [0.5, 0.6) is 0 Å². The number of hydrogen-bond acceptors (Lipinski definition) is 5. The number of carbonyl (C=O) groups is 2. The molecular weight excluding hydrogens is 375 g/mol. The summed E-state index contributed by atoms with van der Waals surface area (Å²) in [6, 6.07) is 0. The molecule has 0 saturated carbocycles. The van der Waals surface area contributed by atoms with E-state index in [1.54, 1.807) is 0 Å². The van der Waals surface area contributed by atoms with E-state index in [0.29, 0.717) is 0 Å². The number of ether oxygens (including phenoxy) is 2. The molecule has 0 N–H and O–H groups in total. The van der Waals surface area contributed by atoms with Gasteiger partial charge in [0.05, 0.1) is 18.2 Å². The Morgan fingerprint density at radius 3 is 1.92 bits per heavy atom. The van der Waals surface area contributed by atoms with Crippen molar-refractivity contribution in [1.29, 1.82) is 0 Å². The Labute approximate surface area is 154 Å². The third-order valence-electron chi connectivity index (χ3n) is 3.96. The van der Waals surface area contributed by atoms with Gasteiger partial charge in [0.2, 0.25) is 0 Å². The van der Waals surface area contributed by atoms with Crippen molar-refractivity contribution >= 4 is 23.5 Å². The Kier molecular flexibility index (Phi) is 7.44. The highest BCUT2D eigenvalue weighted by molar-refractivity contribution is 6.32. The number of nitrogens with zero attached hydrogens (tertiary/aromatic N) is 1. The zero-order chi connectivity index (χ0) is 20.1. The zero-order valence-electron chi connectivity index (χ0n) is 15.0. The van der Waals surface area contributed by atoms with Crippen LogP contribution in [0.4, 0.5) is 13.2 Å². The van der Waals surface area contributed by atoms with Crippen LogP contribution in [-0.2, 0) is 37.1 Å². The van der Waals surface area contributed by atoms with Gasteiger partial charge < -0.3 is 9.47 Å². The first kappa shape index (κ1) is 22.2. The van der Waals surface area contributed by atoms with Gasteiger partial charge in [0, 0.05) is 11.8 Å². The summed E-state index contributed by atoms with van der Waals surface area (Å²) in [5.74, 6) is -2.01. The second-order valence-corrected chi connectivity index (χ2v) is 5.77. The third kappa shape index (κ3) is 3.95. The number of aromatic nitrogens is 1. The van der Waals surface area contributed by atoms with Crippen LogP contribution in [-0.4, -0.2) is 30.1 Å². The SMILES string of the molecule is CCOC(=O)C(CC)(C(=O)OCC)c1c(Cl)cnc(C(F)(F)F)c1CC. The van der Waals surface area contributed by atoms with Gasteiger partial charge in [-0.1, -0.05) is 25.4 Å². The van der Waals surface area contributed by atoms with Gasteiger partial charge in [0.25, 0.3) is 0 Å². The fourth-order valence-electron chi connectivity index (χ4n) is 2.84. The molecular formula is C17H21ClF3NO4. The Bertz CT molecular complexity index is 659. The predicted molar refractivity (Wildman–Crippen MR) is 88.9 cm³/mol. The van der Waals surface area contributed by atoms with Crippen molar-refractivity contribution in [3.8, 4) is 0 Å². The maximum absolute atomic E-state index is 13.4. The molecule has 146 valence electrons. The van der Waals surface area contributed by atoms with Crippen molar-refractivity contribution in [3.63, 3.8) is 0 Å². The smallest absolute Gasteiger partial charge is 0.433 e. The number of carbonyl (C=O) groups excluding carboxylic acids is 2. The highest BCUT2D eigenvalue weighted by Crippen LogP contribution is 2.42. The largest absolute Gasteiger partial charge is 0.465 e. The van der Waals surface area contributed by atoms with E-state index in [1.165, 1.54) is 27.7 Å². The number of hydrogen-bond donors (Lipinski definition) is 0. The summed E-state index contributed by atoms with van der Waals surface area (Å²) < 4.78 is 50.2. The van der Waals surface area contributed by atoms with Crippen LogP contribution in [0, 0.1) is 0 Å². The van der Waals surface area contributed by atoms with Gasteiger partial charge in [-0.15, -0.1) is 0 Å². The van der Waals surface area contributed by atoms with Gasteiger partial charge in [0.1, 0.15) is 5.69 Å². The number of pyridine rings is 1. The Hall–Kier alpha value is -1.83. The van der Waals surface area contributed by atoms with Gasteiger partial charge in [-0.2, -0.15) is 13.2 Å². The van der Waals surface area contributed by atoms with Crippen LogP contribution in [0.3, 0.4) is 0 Å². The molecule has 0 aliphatic rings. The van der Waals surface area contributed by atoms with E-state index in [9.17, 15) is 22.8 Å². The van der Waals surface area contributed by atoms with Crippen molar-refractivity contribution in [1.82, 2.24) is 4.98 Å². The van der Waals surface area contributed by atoms with Gasteiger partial charge in [-0.3, -0.25) is 9.59 Å². The Balaban J connectivity index is 3.92. The van der Waals surface area contributed by atoms with E-state index in [2.05, 4.69) is 4.98 Å². The maximum Gasteiger partial charge on any atom is 0.433 e. The quantitative estimate of drug-likeness (QED) is 0.514. The lowest BCUT2D eigenvalue weighted by atomic mass is 9.75. The van der Waals surface area contributed by atoms with Crippen molar-refractivity contribution in [2.75, 3.05) is 13.2 Å². The summed E-state index contributed by atoms with van der Waals surface area (Å²) in [6.07, 6.45) is -4.30. The Morgan fingerprint density at radius 2 is 1.58 bits per heavy atom. The second kappa shape index (κ2) is 8.70. The van der Waals surface area contributed by atoms with E-state index >= 15 is 0 Å². The van der Waals surface area contributed by atoms with Crippen molar-refractivity contribution in [2.45, 2.75) is 52.1 Å². The topological polar surface area (TPSA) is 65.5 Å². The molecule has 0 radical (unpaired) electrons. The molecule has 0 spiro atoms. The van der Waals surface area contributed by atoms with Crippen LogP contribution in [0.25, 0.3) is 0 Å². The molecule has 0 bridgehead atoms. The van der Waals surface area contributed by atoms with Crippen LogP contribution in [0.2, 0.25) is 5.02 Å². The number of rotatable bonds is 7. The van der Waals surface area contributed by atoms with Gasteiger partial charge in [-0.05, 0) is 32.3 Å². The van der Waals surface area contributed by atoms with E-state index in [1.807, 2.05) is 0 Å². The molecule has 1 rings (SSSR count). The summed E-state index contributed by atoms with van der Waals surface area (Å²) in [7, 11) is 0. The second-order valence-electron chi connectivity index (χ2n) is 5.36. The molecule has 0 aromatic carbocycles. The summed E-state index contributed by atoms with van der Waals surface area (Å²) in [5, 5.41) is -0.224. The molecule has 0 aliphatic heterocycles. The van der Waals surface area contributed by atoms with Crippen molar-refractivity contribution in [3.05, 3.63) is 28.0 Å². The minimum absolute atomic E-state index is 0.0592. The minimum atomic E-state index is -4.77. The van der Waals surface area contributed by atoms with Gasteiger partial charge in [0.15, 0.2) is 5.41 Å². The van der Waals surface area contributed by atoms with Gasteiger partial charge in [-0.25, -0.2) is 4.98 Å². The third-order valence-corrected chi connectivity index (χ3v) is 4.25. The lowest BCUT2D eigenvalue weighted by Gasteiger charge is -2.31. The van der Waals surface area contributed by atoms with Crippen LogP contribution in [0.1, 0.15) is 50.9 Å². The molecule has 1 aromatic rings. The number of halogens is 4. The standard InChI is InChI=1S/C17H21ClF3NO4/c1-5-10-12(11(18)9-22-13(10)17(19,20)21)16(6-2,14(23)25-7-3)15(24)26-8-4/h9H,5-8H2,1-4H3. The fraction of sp³-hybridized carbons (Fsp3) is 0.588. The first-order valence-corrected chi connectivity index (χ1v) is 8.58. The van der Waals surface area contributed by atoms with Crippen molar-refractivity contribution in [2.24, 2.45) is 0 Å².